The van der Waals surface area contributed by atoms with Crippen LogP contribution in [0.3, 0.4) is 0 Å². The zero-order valence-electron chi connectivity index (χ0n) is 19.5. The Morgan fingerprint density at radius 2 is 1.26 bits per heavy atom. The molecule has 2 nitrogen and oxygen atoms in total. The predicted molar refractivity (Wildman–Crippen MR) is 134 cm³/mol. The Bertz CT molecular complexity index is 1330. The molecule has 4 rings (SSSR count). The summed E-state index contributed by atoms with van der Waals surface area (Å²) < 4.78 is 55.1. The molecule has 0 spiro atoms. The molecular formula is C30H25F3O2. The fourth-order valence-electron chi connectivity index (χ4n) is 3.75. The van der Waals surface area contributed by atoms with Crippen molar-refractivity contribution in [1.29, 1.82) is 0 Å². The van der Waals surface area contributed by atoms with Crippen molar-refractivity contribution in [3.63, 3.8) is 0 Å². The molecule has 0 bridgehead atoms. The fourth-order valence-corrected chi connectivity index (χ4v) is 3.75. The topological polar surface area (TPSA) is 18.5 Å². The Labute approximate surface area is 203 Å². The molecule has 0 heterocycles. The molecule has 0 atom stereocenters. The minimum absolute atomic E-state index is 0.0299. The smallest absolute Gasteiger partial charge is 0.167 e. The Morgan fingerprint density at radius 3 is 1.80 bits per heavy atom. The van der Waals surface area contributed by atoms with Crippen molar-refractivity contribution in [2.75, 3.05) is 6.61 Å². The molecule has 0 unspecified atom stereocenters. The average Bonchev–Trinajstić information content (AvgIpc) is 2.87. The van der Waals surface area contributed by atoms with E-state index >= 15 is 0 Å². The fraction of sp³-hybridized carbons (Fsp3) is 0.133. The van der Waals surface area contributed by atoms with Gasteiger partial charge in [-0.15, -0.1) is 0 Å². The molecule has 0 N–H and O–H groups in total. The van der Waals surface area contributed by atoms with Crippen LogP contribution < -0.4 is 9.47 Å². The van der Waals surface area contributed by atoms with Crippen LogP contribution >= 0.6 is 0 Å². The maximum absolute atomic E-state index is 15.0. The summed E-state index contributed by atoms with van der Waals surface area (Å²) in [6, 6.07) is 21.6. The van der Waals surface area contributed by atoms with E-state index < -0.39 is 17.5 Å². The van der Waals surface area contributed by atoms with Crippen molar-refractivity contribution in [2.24, 2.45) is 0 Å². The quantitative estimate of drug-likeness (QED) is 0.255. The van der Waals surface area contributed by atoms with Gasteiger partial charge in [-0.1, -0.05) is 60.7 Å². The van der Waals surface area contributed by atoms with Gasteiger partial charge >= 0.3 is 0 Å². The van der Waals surface area contributed by atoms with Crippen LogP contribution in [0.5, 0.6) is 11.5 Å². The Kier molecular flexibility index (Phi) is 7.56. The first-order chi connectivity index (χ1) is 17.0. The second kappa shape index (κ2) is 11.0. The van der Waals surface area contributed by atoms with Crippen molar-refractivity contribution in [2.45, 2.75) is 20.5 Å². The number of halogens is 3. The van der Waals surface area contributed by atoms with Gasteiger partial charge in [0.2, 0.25) is 0 Å². The van der Waals surface area contributed by atoms with Gasteiger partial charge in [-0.25, -0.2) is 13.2 Å². The summed E-state index contributed by atoms with van der Waals surface area (Å²) in [4.78, 5) is 0. The molecule has 0 saturated carbocycles. The molecule has 0 saturated heterocycles. The molecule has 35 heavy (non-hydrogen) atoms. The lowest BCUT2D eigenvalue weighted by Crippen LogP contribution is -2.00. The van der Waals surface area contributed by atoms with Crippen molar-refractivity contribution < 1.29 is 22.6 Å². The van der Waals surface area contributed by atoms with E-state index in [2.05, 4.69) is 0 Å². The summed E-state index contributed by atoms with van der Waals surface area (Å²) in [5, 5.41) is 0. The lowest BCUT2D eigenvalue weighted by molar-refractivity contribution is 0.298. The summed E-state index contributed by atoms with van der Waals surface area (Å²) in [5.41, 5.74) is 2.85. The van der Waals surface area contributed by atoms with Gasteiger partial charge in [0.05, 0.1) is 6.61 Å². The number of rotatable bonds is 8. The lowest BCUT2D eigenvalue weighted by Gasteiger charge is -2.11. The van der Waals surface area contributed by atoms with Crippen molar-refractivity contribution in [1.82, 2.24) is 0 Å². The van der Waals surface area contributed by atoms with Crippen LogP contribution in [-0.2, 0) is 6.61 Å². The summed E-state index contributed by atoms with van der Waals surface area (Å²) in [7, 11) is 0. The van der Waals surface area contributed by atoms with Gasteiger partial charge in [0, 0.05) is 22.8 Å². The molecule has 0 radical (unpaired) electrons. The SMILES string of the molecule is C/C=C/c1ccc(-c2ccc(-c3ccc(OCc4ccc(OCC)cc4F)cc3)c(F)c2F)cc1. The first-order valence-electron chi connectivity index (χ1n) is 11.4. The minimum Gasteiger partial charge on any atom is -0.494 e. The van der Waals surface area contributed by atoms with E-state index in [9.17, 15) is 13.2 Å². The molecule has 178 valence electrons. The maximum atomic E-state index is 15.0. The van der Waals surface area contributed by atoms with Gasteiger partial charge in [0.1, 0.15) is 23.9 Å². The van der Waals surface area contributed by atoms with Gasteiger partial charge < -0.3 is 9.47 Å². The van der Waals surface area contributed by atoms with Crippen LogP contribution in [0.25, 0.3) is 28.3 Å². The van der Waals surface area contributed by atoms with Crippen LogP contribution in [0.1, 0.15) is 25.0 Å². The van der Waals surface area contributed by atoms with Crippen LogP contribution in [0.2, 0.25) is 0 Å². The molecule has 0 aliphatic rings. The largest absolute Gasteiger partial charge is 0.494 e. The second-order valence-electron chi connectivity index (χ2n) is 7.91. The highest BCUT2D eigenvalue weighted by Crippen LogP contribution is 2.32. The highest BCUT2D eigenvalue weighted by molar-refractivity contribution is 5.72. The molecule has 4 aromatic rings. The molecule has 0 aliphatic carbocycles. The van der Waals surface area contributed by atoms with E-state index in [0.29, 0.717) is 34.8 Å². The summed E-state index contributed by atoms with van der Waals surface area (Å²) in [6.45, 7) is 4.24. The third-order valence-corrected chi connectivity index (χ3v) is 5.56. The Balaban J connectivity index is 1.48. The van der Waals surface area contributed by atoms with Crippen LogP contribution in [0, 0.1) is 17.5 Å². The maximum Gasteiger partial charge on any atom is 0.167 e. The van der Waals surface area contributed by atoms with E-state index in [1.807, 2.05) is 38.1 Å². The number of allylic oxidation sites excluding steroid dienone is 1. The second-order valence-corrected chi connectivity index (χ2v) is 7.91. The molecule has 0 aliphatic heterocycles. The highest BCUT2D eigenvalue weighted by atomic mass is 19.2. The zero-order chi connectivity index (χ0) is 24.8. The Morgan fingerprint density at radius 1 is 0.686 bits per heavy atom. The average molecular weight is 475 g/mol. The molecule has 0 amide bonds. The van der Waals surface area contributed by atoms with Gasteiger partial charge in [0.25, 0.3) is 0 Å². The molecule has 4 aromatic carbocycles. The van der Waals surface area contributed by atoms with Crippen molar-refractivity contribution in [3.05, 3.63) is 114 Å². The molecule has 5 heteroatoms. The number of ether oxygens (including phenoxy) is 2. The van der Waals surface area contributed by atoms with Gasteiger partial charge in [-0.2, -0.15) is 0 Å². The monoisotopic (exact) mass is 474 g/mol. The van der Waals surface area contributed by atoms with Gasteiger partial charge in [-0.3, -0.25) is 0 Å². The minimum atomic E-state index is -0.912. The molecule has 0 aromatic heterocycles. The van der Waals surface area contributed by atoms with Gasteiger partial charge in [-0.05, 0) is 54.8 Å². The lowest BCUT2D eigenvalue weighted by atomic mass is 9.98. The van der Waals surface area contributed by atoms with Crippen LogP contribution in [-0.4, -0.2) is 6.61 Å². The van der Waals surface area contributed by atoms with E-state index in [-0.39, 0.29) is 17.7 Å². The van der Waals surface area contributed by atoms with E-state index in [0.717, 1.165) is 5.56 Å². The first-order valence-corrected chi connectivity index (χ1v) is 11.4. The first kappa shape index (κ1) is 24.1. The van der Waals surface area contributed by atoms with Crippen LogP contribution in [0.4, 0.5) is 13.2 Å². The third kappa shape index (κ3) is 5.57. The normalized spacial score (nSPS) is 11.1. The van der Waals surface area contributed by atoms with E-state index in [1.165, 1.54) is 6.07 Å². The molecule has 0 fully saturated rings. The number of hydrogen-bond acceptors (Lipinski definition) is 2. The number of benzene rings is 4. The highest BCUT2D eigenvalue weighted by Gasteiger charge is 2.16. The number of hydrogen-bond donors (Lipinski definition) is 0. The zero-order valence-corrected chi connectivity index (χ0v) is 19.5. The van der Waals surface area contributed by atoms with E-state index in [4.69, 9.17) is 9.47 Å². The summed E-state index contributed by atoms with van der Waals surface area (Å²) >= 11 is 0. The van der Waals surface area contributed by atoms with E-state index in [1.54, 1.807) is 60.7 Å². The standard InChI is InChI=1S/C30H25F3O2/c1-3-5-20-6-8-21(9-7-20)26-16-17-27(30(33)29(26)32)22-10-13-24(14-11-22)35-19-23-12-15-25(34-4-2)18-28(23)31/h3,5-18H,4,19H2,1-2H3/b5-3+. The van der Waals surface area contributed by atoms with Crippen LogP contribution in [0.15, 0.2) is 84.9 Å². The Hall–Kier alpha value is -3.99. The molecular weight excluding hydrogens is 449 g/mol. The summed E-state index contributed by atoms with van der Waals surface area (Å²) in [6.07, 6.45) is 3.85. The van der Waals surface area contributed by atoms with Crippen molar-refractivity contribution >= 4 is 6.08 Å². The summed E-state index contributed by atoms with van der Waals surface area (Å²) in [5.74, 6) is -1.27. The van der Waals surface area contributed by atoms with Crippen molar-refractivity contribution in [3.8, 4) is 33.8 Å². The van der Waals surface area contributed by atoms with Gasteiger partial charge in [0.15, 0.2) is 11.6 Å². The predicted octanol–water partition coefficient (Wildman–Crippen LogP) is 8.45. The third-order valence-electron chi connectivity index (χ3n) is 5.56.